The van der Waals surface area contributed by atoms with Gasteiger partial charge in [-0.25, -0.2) is 9.59 Å². The maximum Gasteiger partial charge on any atom is 0.414 e. The van der Waals surface area contributed by atoms with Crippen LogP contribution < -0.4 is 14.8 Å². The third-order valence-electron chi connectivity index (χ3n) is 3.56. The Morgan fingerprint density at radius 2 is 1.71 bits per heavy atom. The van der Waals surface area contributed by atoms with Crippen molar-refractivity contribution in [3.63, 3.8) is 0 Å². The van der Waals surface area contributed by atoms with Crippen LogP contribution in [0.3, 0.4) is 0 Å². The number of rotatable bonds is 6. The van der Waals surface area contributed by atoms with Gasteiger partial charge >= 0.3 is 11.9 Å². The molecule has 0 spiro atoms. The van der Waals surface area contributed by atoms with Crippen LogP contribution in [-0.4, -0.2) is 41.3 Å². The number of aryl methyl sites for hydroxylation is 1. The molecule has 0 heterocycles. The van der Waals surface area contributed by atoms with Gasteiger partial charge in [0.1, 0.15) is 11.5 Å². The number of carboxylic acid groups (broad SMARTS) is 2. The number of nitrogens with zero attached hydrogens (tertiary/aromatic N) is 1. The normalized spacial score (nSPS) is 9.54. The molecule has 0 aliphatic heterocycles. The second-order valence-corrected chi connectivity index (χ2v) is 5.40. The summed E-state index contributed by atoms with van der Waals surface area (Å²) in [6.07, 6.45) is 0. The van der Waals surface area contributed by atoms with Crippen molar-refractivity contribution >= 4 is 23.3 Å². The molecule has 0 aliphatic rings. The van der Waals surface area contributed by atoms with Gasteiger partial charge in [-0.05, 0) is 36.8 Å². The van der Waals surface area contributed by atoms with Gasteiger partial charge in [-0.15, -0.1) is 0 Å². The van der Waals surface area contributed by atoms with E-state index in [4.69, 9.17) is 29.3 Å². The largest absolute Gasteiger partial charge is 0.497 e. The molecule has 0 fully saturated rings. The minimum absolute atomic E-state index is 0.0852. The highest BCUT2D eigenvalue weighted by atomic mass is 16.6. The summed E-state index contributed by atoms with van der Waals surface area (Å²) in [5, 5.41) is 28.8. The van der Waals surface area contributed by atoms with Gasteiger partial charge in [-0.3, -0.25) is 10.1 Å². The van der Waals surface area contributed by atoms with Crippen LogP contribution in [-0.2, 0) is 16.1 Å². The molecule has 0 saturated heterocycles. The molecule has 0 radical (unpaired) electrons. The van der Waals surface area contributed by atoms with Crippen molar-refractivity contribution in [1.29, 1.82) is 0 Å². The highest BCUT2D eigenvalue weighted by molar-refractivity contribution is 6.27. The maximum absolute atomic E-state index is 10.8. The van der Waals surface area contributed by atoms with Crippen LogP contribution in [0.25, 0.3) is 0 Å². The first-order valence-corrected chi connectivity index (χ1v) is 7.85. The number of nitro benzene ring substituents is 1. The van der Waals surface area contributed by atoms with E-state index in [1.165, 1.54) is 6.07 Å². The van der Waals surface area contributed by atoms with Gasteiger partial charge < -0.3 is 25.0 Å². The Kier molecular flexibility index (Phi) is 8.22. The first kappa shape index (κ1) is 22.2. The Morgan fingerprint density at radius 1 is 1.07 bits per heavy atom. The summed E-state index contributed by atoms with van der Waals surface area (Å²) in [6.45, 7) is 2.36. The number of anilines is 1. The molecule has 28 heavy (non-hydrogen) atoms. The number of nitro groups is 1. The van der Waals surface area contributed by atoms with Crippen molar-refractivity contribution < 1.29 is 34.2 Å². The maximum atomic E-state index is 10.8. The van der Waals surface area contributed by atoms with E-state index in [0.717, 1.165) is 28.3 Å². The summed E-state index contributed by atoms with van der Waals surface area (Å²) < 4.78 is 10.5. The van der Waals surface area contributed by atoms with Crippen LogP contribution in [0.5, 0.6) is 11.5 Å². The molecule has 0 bridgehead atoms. The quantitative estimate of drug-likeness (QED) is 0.383. The summed E-state index contributed by atoms with van der Waals surface area (Å²) in [6, 6.07) is 10.3. The van der Waals surface area contributed by atoms with E-state index in [2.05, 4.69) is 5.32 Å². The summed E-state index contributed by atoms with van der Waals surface area (Å²) in [5.74, 6) is -2.14. The van der Waals surface area contributed by atoms with Crippen molar-refractivity contribution in [3.8, 4) is 11.5 Å². The lowest BCUT2D eigenvalue weighted by Crippen LogP contribution is -2.09. The van der Waals surface area contributed by atoms with Crippen LogP contribution in [0.1, 0.15) is 11.1 Å². The highest BCUT2D eigenvalue weighted by Crippen LogP contribution is 2.26. The van der Waals surface area contributed by atoms with Gasteiger partial charge in [0.15, 0.2) is 0 Å². The number of carboxylic acids is 2. The number of non-ortho nitro benzene ring substituents is 1. The summed E-state index contributed by atoms with van der Waals surface area (Å²) in [7, 11) is 3.22. The first-order valence-electron chi connectivity index (χ1n) is 7.85. The van der Waals surface area contributed by atoms with Crippen molar-refractivity contribution in [3.05, 3.63) is 57.6 Å². The molecule has 2 aromatic rings. The Bertz CT molecular complexity index is 855. The van der Waals surface area contributed by atoms with E-state index < -0.39 is 16.9 Å². The number of carbonyl (C=O) groups is 2. The number of aliphatic carboxylic acids is 2. The molecule has 10 nitrogen and oxygen atoms in total. The number of benzene rings is 2. The van der Waals surface area contributed by atoms with E-state index in [0.29, 0.717) is 6.54 Å². The lowest BCUT2D eigenvalue weighted by atomic mass is 10.1. The molecule has 10 heteroatoms. The van der Waals surface area contributed by atoms with E-state index in [1.54, 1.807) is 26.4 Å². The van der Waals surface area contributed by atoms with E-state index in [-0.39, 0.29) is 5.69 Å². The average molecular weight is 392 g/mol. The smallest absolute Gasteiger partial charge is 0.414 e. The van der Waals surface area contributed by atoms with Crippen LogP contribution in [0.2, 0.25) is 0 Å². The van der Waals surface area contributed by atoms with Gasteiger partial charge in [0.05, 0.1) is 19.1 Å². The Labute approximate surface area is 160 Å². The second-order valence-electron chi connectivity index (χ2n) is 5.40. The predicted octanol–water partition coefficient (Wildman–Crippen LogP) is 2.69. The van der Waals surface area contributed by atoms with E-state index in [9.17, 15) is 10.1 Å². The number of hydrogen-bond donors (Lipinski definition) is 3. The Morgan fingerprint density at radius 3 is 2.18 bits per heavy atom. The van der Waals surface area contributed by atoms with Gasteiger partial charge in [0.25, 0.3) is 5.69 Å². The fourth-order valence-electron chi connectivity index (χ4n) is 2.17. The third kappa shape index (κ3) is 6.48. The Hall–Kier alpha value is -3.82. The zero-order valence-electron chi connectivity index (χ0n) is 15.5. The summed E-state index contributed by atoms with van der Waals surface area (Å²) in [5.41, 5.74) is 2.69. The van der Waals surface area contributed by atoms with Crippen molar-refractivity contribution in [1.82, 2.24) is 0 Å². The lowest BCUT2D eigenvalue weighted by Gasteiger charge is -2.13. The van der Waals surface area contributed by atoms with E-state index in [1.807, 2.05) is 25.1 Å². The van der Waals surface area contributed by atoms with Crippen molar-refractivity contribution in [2.45, 2.75) is 13.5 Å². The molecule has 2 aromatic carbocycles. The molecule has 150 valence electrons. The van der Waals surface area contributed by atoms with Gasteiger partial charge in [0, 0.05) is 29.9 Å². The molecular weight excluding hydrogens is 372 g/mol. The second kappa shape index (κ2) is 10.4. The Balaban J connectivity index is 0.000000568. The number of methoxy groups -OCH3 is 2. The molecule has 0 aliphatic carbocycles. The van der Waals surface area contributed by atoms with Gasteiger partial charge in [-0.2, -0.15) is 0 Å². The van der Waals surface area contributed by atoms with Crippen molar-refractivity contribution in [2.75, 3.05) is 19.5 Å². The highest BCUT2D eigenvalue weighted by Gasteiger charge is 2.09. The third-order valence-corrected chi connectivity index (χ3v) is 3.56. The standard InChI is InChI=1S/C16H18N2O4.C2H2O4/c1-11-8-13(18(19)20)4-6-15(11)17-10-12-9-14(21-2)5-7-16(12)22-3;3-1(4)2(5)6/h4-9,17H,10H2,1-3H3;(H,3,4)(H,5,6). The average Bonchev–Trinajstić information content (AvgIpc) is 2.66. The van der Waals surface area contributed by atoms with Crippen LogP contribution >= 0.6 is 0 Å². The summed E-state index contributed by atoms with van der Waals surface area (Å²) >= 11 is 0. The molecule has 3 N–H and O–H groups in total. The molecule has 2 rings (SSSR count). The van der Waals surface area contributed by atoms with Crippen molar-refractivity contribution in [2.24, 2.45) is 0 Å². The molecule has 0 atom stereocenters. The van der Waals surface area contributed by atoms with Crippen LogP contribution in [0.4, 0.5) is 11.4 Å². The van der Waals surface area contributed by atoms with Gasteiger partial charge in [-0.1, -0.05) is 0 Å². The fraction of sp³-hybridized carbons (Fsp3) is 0.222. The predicted molar refractivity (Wildman–Crippen MR) is 100.0 cm³/mol. The zero-order chi connectivity index (χ0) is 21.3. The lowest BCUT2D eigenvalue weighted by molar-refractivity contribution is -0.384. The fourth-order valence-corrected chi connectivity index (χ4v) is 2.17. The van der Waals surface area contributed by atoms with Gasteiger partial charge in [0.2, 0.25) is 0 Å². The first-order chi connectivity index (χ1) is 13.2. The molecule has 0 saturated carbocycles. The monoisotopic (exact) mass is 392 g/mol. The molecular formula is C18H20N2O8. The minimum atomic E-state index is -1.82. The SMILES string of the molecule is COc1ccc(OC)c(CNc2ccc([N+](=O)[O-])cc2C)c1.O=C(O)C(=O)O. The number of nitrogens with one attached hydrogen (secondary N) is 1. The van der Waals surface area contributed by atoms with Crippen LogP contribution in [0, 0.1) is 17.0 Å². The zero-order valence-corrected chi connectivity index (χ0v) is 15.5. The topological polar surface area (TPSA) is 148 Å². The van der Waals surface area contributed by atoms with E-state index >= 15 is 0 Å². The minimum Gasteiger partial charge on any atom is -0.497 e. The summed E-state index contributed by atoms with van der Waals surface area (Å²) in [4.78, 5) is 28.6. The van der Waals surface area contributed by atoms with Crippen LogP contribution in [0.15, 0.2) is 36.4 Å². The molecule has 0 amide bonds. The molecule has 0 unspecified atom stereocenters. The number of hydrogen-bond acceptors (Lipinski definition) is 7. The number of ether oxygens (including phenoxy) is 2. The molecule has 0 aromatic heterocycles.